The number of fused-ring (bicyclic) bond motifs is 2. The zero-order valence-corrected chi connectivity index (χ0v) is 34.3. The number of aromatic nitrogens is 5. The van der Waals surface area contributed by atoms with Crippen molar-refractivity contribution in [3.63, 3.8) is 0 Å². The van der Waals surface area contributed by atoms with Gasteiger partial charge in [-0.3, -0.25) is 19.7 Å². The Morgan fingerprint density at radius 1 is 0.883 bits per heavy atom. The van der Waals surface area contributed by atoms with Crippen LogP contribution in [-0.4, -0.2) is 80.0 Å². The van der Waals surface area contributed by atoms with Gasteiger partial charge in [0.2, 0.25) is 17.8 Å². The van der Waals surface area contributed by atoms with Crippen molar-refractivity contribution in [3.05, 3.63) is 107 Å². The first kappa shape index (κ1) is 39.6. The molecule has 5 aromatic rings. The van der Waals surface area contributed by atoms with Gasteiger partial charge < -0.3 is 25.5 Å². The Labute approximate surface area is 349 Å². The van der Waals surface area contributed by atoms with Gasteiger partial charge in [-0.15, -0.1) is 6.58 Å². The molecule has 0 radical (unpaired) electrons. The first-order chi connectivity index (χ1) is 29.2. The summed E-state index contributed by atoms with van der Waals surface area (Å²) in [6.07, 6.45) is 10.6. The number of anilines is 4. The smallest absolute Gasteiger partial charge is 0.278 e. The van der Waals surface area contributed by atoms with Crippen molar-refractivity contribution in [2.45, 2.75) is 88.8 Å². The predicted molar refractivity (Wildman–Crippen MR) is 233 cm³/mol. The fourth-order valence-electron chi connectivity index (χ4n) is 9.50. The zero-order valence-electron chi connectivity index (χ0n) is 34.3. The number of imide groups is 1. The molecule has 0 spiro atoms. The van der Waals surface area contributed by atoms with Crippen LogP contribution < -0.4 is 31.3 Å². The molecule has 2 amide bonds. The second-order valence-corrected chi connectivity index (χ2v) is 16.8. The van der Waals surface area contributed by atoms with Crippen LogP contribution in [0, 0.1) is 5.92 Å². The molecule has 4 N–H and O–H groups in total. The van der Waals surface area contributed by atoms with E-state index in [2.05, 4.69) is 61.6 Å². The summed E-state index contributed by atoms with van der Waals surface area (Å²) in [5, 5.41) is 21.3. The SMILES string of the molecule is C=CCn1c(=O)c2cnc(Nc3ccc(N4CCC(CNC5CCN(c6ccc([C@@H]7CCC(=O)NC7=O)cc6)CC5)CC4)cc3)nc2n1-c1ccc2c(n1)[C@@](O)(CC)CC2. The van der Waals surface area contributed by atoms with Crippen LogP contribution in [0.4, 0.5) is 23.0 Å². The molecule has 9 rings (SSSR count). The van der Waals surface area contributed by atoms with Gasteiger partial charge in [0.1, 0.15) is 11.0 Å². The molecule has 14 heteroatoms. The standard InChI is InChI=1S/C46H54N10O4/c1-3-23-55-44(59)38-29-48-45(52-42(38)56(55)39-15-7-32-17-22-46(60,4-2)41(32)50-39)49-34-8-12-36(13-9-34)53-24-18-30(19-25-53)28-47-33-20-26-54(27-21-33)35-10-5-31(6-11-35)37-14-16-40(57)51-43(37)58/h3,5-13,15,29-30,33,37,47,60H,1,4,14,16-28H2,2H3,(H,48,49,52)(H,51,57,58)/t37-,46+/m0/s1. The molecule has 3 aliphatic heterocycles. The number of benzene rings is 2. The topological polar surface area (TPSA) is 163 Å². The number of piperidine rings is 3. The van der Waals surface area contributed by atoms with Crippen LogP contribution in [0.5, 0.6) is 0 Å². The van der Waals surface area contributed by atoms with Crippen LogP contribution in [0.2, 0.25) is 0 Å². The number of aryl methyl sites for hydroxylation is 1. The van der Waals surface area contributed by atoms with Crippen molar-refractivity contribution in [2.24, 2.45) is 5.92 Å². The summed E-state index contributed by atoms with van der Waals surface area (Å²) < 4.78 is 3.26. The largest absolute Gasteiger partial charge is 0.384 e. The summed E-state index contributed by atoms with van der Waals surface area (Å²) >= 11 is 0. The Hall–Kier alpha value is -5.86. The van der Waals surface area contributed by atoms with Gasteiger partial charge in [0.05, 0.1) is 18.2 Å². The highest BCUT2D eigenvalue weighted by Crippen LogP contribution is 2.38. The fourth-order valence-corrected chi connectivity index (χ4v) is 9.50. The molecule has 0 saturated carbocycles. The van der Waals surface area contributed by atoms with Crippen molar-refractivity contribution >= 4 is 45.9 Å². The third-order valence-corrected chi connectivity index (χ3v) is 13.2. The first-order valence-corrected chi connectivity index (χ1v) is 21.6. The van der Waals surface area contributed by atoms with Crippen LogP contribution >= 0.6 is 0 Å². The van der Waals surface area contributed by atoms with Crippen LogP contribution in [0.3, 0.4) is 0 Å². The Morgan fingerprint density at radius 2 is 1.58 bits per heavy atom. The molecular weight excluding hydrogens is 757 g/mol. The number of pyridine rings is 1. The number of aliphatic hydroxyl groups is 1. The van der Waals surface area contributed by atoms with Crippen LogP contribution in [0.15, 0.2) is 84.3 Å². The number of amides is 2. The van der Waals surface area contributed by atoms with E-state index in [1.165, 1.54) is 11.4 Å². The third-order valence-electron chi connectivity index (χ3n) is 13.2. The molecule has 3 fully saturated rings. The molecule has 4 aliphatic rings. The van der Waals surface area contributed by atoms with Gasteiger partial charge in [-0.1, -0.05) is 31.2 Å². The number of rotatable bonds is 12. The number of allylic oxidation sites excluding steroid dienone is 1. The quantitative estimate of drug-likeness (QED) is 0.0938. The van der Waals surface area contributed by atoms with Gasteiger partial charge in [0.15, 0.2) is 11.5 Å². The molecule has 3 aromatic heterocycles. The molecule has 3 saturated heterocycles. The maximum atomic E-state index is 13.5. The Balaban J connectivity index is 0.772. The second-order valence-electron chi connectivity index (χ2n) is 16.8. The minimum atomic E-state index is -0.987. The van der Waals surface area contributed by atoms with Crippen molar-refractivity contribution in [3.8, 4) is 5.82 Å². The van der Waals surface area contributed by atoms with Crippen molar-refractivity contribution in [2.75, 3.05) is 47.8 Å². The van der Waals surface area contributed by atoms with Gasteiger partial charge in [0.25, 0.3) is 5.56 Å². The summed E-state index contributed by atoms with van der Waals surface area (Å²) in [5.41, 5.74) is 5.10. The van der Waals surface area contributed by atoms with Crippen LogP contribution in [-0.2, 0) is 28.2 Å². The molecule has 14 nitrogen and oxygen atoms in total. The highest BCUT2D eigenvalue weighted by Gasteiger charge is 2.37. The normalized spacial score (nSPS) is 21.3. The van der Waals surface area contributed by atoms with E-state index in [0.29, 0.717) is 66.1 Å². The molecular formula is C46H54N10O4. The number of hydrogen-bond acceptors (Lipinski definition) is 11. The highest BCUT2D eigenvalue weighted by atomic mass is 16.3. The number of carbonyl (C=O) groups excluding carboxylic acids is 2. The monoisotopic (exact) mass is 810 g/mol. The number of hydrogen-bond donors (Lipinski definition) is 4. The lowest BCUT2D eigenvalue weighted by atomic mass is 9.90. The van der Waals surface area contributed by atoms with E-state index < -0.39 is 5.60 Å². The summed E-state index contributed by atoms with van der Waals surface area (Å²) in [5.74, 6) is 0.913. The summed E-state index contributed by atoms with van der Waals surface area (Å²) in [4.78, 5) is 56.5. The molecule has 312 valence electrons. The Kier molecular flexibility index (Phi) is 11.0. The summed E-state index contributed by atoms with van der Waals surface area (Å²) in [7, 11) is 0. The van der Waals surface area contributed by atoms with Crippen LogP contribution in [0.25, 0.3) is 16.9 Å². The molecule has 0 bridgehead atoms. The summed E-state index contributed by atoms with van der Waals surface area (Å²) in [6, 6.07) is 21.1. The van der Waals surface area contributed by atoms with Crippen molar-refractivity contribution < 1.29 is 14.7 Å². The molecule has 60 heavy (non-hydrogen) atoms. The number of nitrogens with one attached hydrogen (secondary N) is 3. The van der Waals surface area contributed by atoms with Gasteiger partial charge in [-0.2, -0.15) is 4.98 Å². The third kappa shape index (κ3) is 7.81. The van der Waals surface area contributed by atoms with E-state index in [1.54, 1.807) is 21.6 Å². The minimum absolute atomic E-state index is 0.181. The molecule has 0 unspecified atom stereocenters. The second kappa shape index (κ2) is 16.7. The van der Waals surface area contributed by atoms with Gasteiger partial charge >= 0.3 is 0 Å². The van der Waals surface area contributed by atoms with Gasteiger partial charge in [0, 0.05) is 61.9 Å². The average molecular weight is 811 g/mol. The van der Waals surface area contributed by atoms with Crippen molar-refractivity contribution in [1.82, 2.24) is 34.9 Å². The van der Waals surface area contributed by atoms with E-state index in [9.17, 15) is 19.5 Å². The minimum Gasteiger partial charge on any atom is -0.384 e. The lowest BCUT2D eigenvalue weighted by Gasteiger charge is -2.37. The van der Waals surface area contributed by atoms with Gasteiger partial charge in [-0.05, 0) is 117 Å². The molecule has 6 heterocycles. The van der Waals surface area contributed by atoms with E-state index in [0.717, 1.165) is 81.6 Å². The molecule has 2 atom stereocenters. The molecule has 2 aromatic carbocycles. The lowest BCUT2D eigenvalue weighted by molar-refractivity contribution is -0.134. The molecule has 1 aliphatic carbocycles. The summed E-state index contributed by atoms with van der Waals surface area (Å²) in [6.45, 7) is 11.2. The number of nitrogens with zero attached hydrogens (tertiary/aromatic N) is 7. The van der Waals surface area contributed by atoms with E-state index >= 15 is 0 Å². The van der Waals surface area contributed by atoms with E-state index in [-0.39, 0.29) is 29.8 Å². The van der Waals surface area contributed by atoms with E-state index in [4.69, 9.17) is 9.97 Å². The first-order valence-electron chi connectivity index (χ1n) is 21.6. The van der Waals surface area contributed by atoms with E-state index in [1.807, 2.05) is 43.3 Å². The number of carbonyl (C=O) groups is 2. The lowest BCUT2D eigenvalue weighted by Crippen LogP contribution is -2.45. The highest BCUT2D eigenvalue weighted by molar-refractivity contribution is 6.01. The maximum Gasteiger partial charge on any atom is 0.278 e. The average Bonchev–Trinajstić information content (AvgIpc) is 3.75. The zero-order chi connectivity index (χ0) is 41.4. The predicted octanol–water partition coefficient (Wildman–Crippen LogP) is 5.45. The Morgan fingerprint density at radius 3 is 2.27 bits per heavy atom. The fraction of sp³-hybridized carbons (Fsp3) is 0.435. The maximum absolute atomic E-state index is 13.5. The van der Waals surface area contributed by atoms with Gasteiger partial charge in [-0.25, -0.2) is 19.3 Å². The Bertz CT molecular complexity index is 2450. The van der Waals surface area contributed by atoms with Crippen molar-refractivity contribution in [1.29, 1.82) is 0 Å². The van der Waals surface area contributed by atoms with Crippen LogP contribution in [0.1, 0.15) is 81.0 Å².